The Morgan fingerprint density at radius 2 is 2.00 bits per heavy atom. The van der Waals surface area contributed by atoms with Gasteiger partial charge < -0.3 is 25.2 Å². The lowest BCUT2D eigenvalue weighted by molar-refractivity contribution is -0.135. The number of carbonyl (C=O) groups is 1. The highest BCUT2D eigenvalue weighted by molar-refractivity contribution is 5.81. The molecule has 82 valence electrons. The third-order valence-corrected chi connectivity index (χ3v) is 1.56. The predicted molar refractivity (Wildman–Crippen MR) is 46.3 cm³/mol. The monoisotopic (exact) mass is 206 g/mol. The van der Waals surface area contributed by atoms with Crippen molar-refractivity contribution in [2.24, 2.45) is 0 Å². The minimum absolute atomic E-state index is 0.676. The summed E-state index contributed by atoms with van der Waals surface area (Å²) in [5.74, 6) is -0.685. The number of carbonyl (C=O) groups excluding carboxylic acids is 1. The maximum atomic E-state index is 10.6. The van der Waals surface area contributed by atoms with Gasteiger partial charge in [-0.25, -0.2) is 4.79 Å². The Bertz CT molecular complexity index is 202. The van der Waals surface area contributed by atoms with Gasteiger partial charge in [0.2, 0.25) is 0 Å². The van der Waals surface area contributed by atoms with Crippen molar-refractivity contribution in [2.75, 3.05) is 13.7 Å². The average molecular weight is 206 g/mol. The van der Waals surface area contributed by atoms with Crippen molar-refractivity contribution < 1.29 is 30.0 Å². The van der Waals surface area contributed by atoms with Crippen LogP contribution >= 0.6 is 0 Å². The summed E-state index contributed by atoms with van der Waals surface area (Å²) in [5, 5.41) is 35.6. The Balaban J connectivity index is 4.12. The Morgan fingerprint density at radius 1 is 1.43 bits per heavy atom. The van der Waals surface area contributed by atoms with Gasteiger partial charge in [-0.2, -0.15) is 0 Å². The second-order valence-electron chi connectivity index (χ2n) is 2.61. The van der Waals surface area contributed by atoms with Crippen LogP contribution in [0.4, 0.5) is 0 Å². The maximum absolute atomic E-state index is 10.6. The fourth-order valence-electron chi connectivity index (χ4n) is 0.695. The lowest BCUT2D eigenvalue weighted by Gasteiger charge is -2.18. The van der Waals surface area contributed by atoms with Gasteiger partial charge in [-0.15, -0.1) is 0 Å². The lowest BCUT2D eigenvalue weighted by Crippen LogP contribution is -2.38. The molecule has 0 bridgehead atoms. The highest BCUT2D eigenvalue weighted by Gasteiger charge is 2.21. The summed E-state index contributed by atoms with van der Waals surface area (Å²) in [6, 6.07) is 0. The van der Waals surface area contributed by atoms with E-state index in [1.54, 1.807) is 0 Å². The number of hydrogen-bond acceptors (Lipinski definition) is 6. The van der Waals surface area contributed by atoms with Crippen molar-refractivity contribution >= 4 is 5.97 Å². The zero-order chi connectivity index (χ0) is 11.1. The number of rotatable bonds is 5. The zero-order valence-corrected chi connectivity index (χ0v) is 7.70. The molecule has 0 rings (SSSR count). The summed E-state index contributed by atoms with van der Waals surface area (Å²) in [4.78, 5) is 10.6. The normalized spacial score (nSPS) is 17.8. The van der Waals surface area contributed by atoms with Crippen molar-refractivity contribution in [1.29, 1.82) is 0 Å². The number of hydrogen-bond donors (Lipinski definition) is 4. The minimum atomic E-state index is -1.54. The highest BCUT2D eigenvalue weighted by Crippen LogP contribution is 2.01. The van der Waals surface area contributed by atoms with E-state index in [1.807, 2.05) is 0 Å². The van der Waals surface area contributed by atoms with Crippen LogP contribution in [0.25, 0.3) is 0 Å². The molecular formula is C8H14O6. The third kappa shape index (κ3) is 4.33. The van der Waals surface area contributed by atoms with Gasteiger partial charge in [-0.05, 0) is 6.08 Å². The molecule has 0 aliphatic carbocycles. The van der Waals surface area contributed by atoms with Gasteiger partial charge in [-0.1, -0.05) is 0 Å². The quantitative estimate of drug-likeness (QED) is 0.300. The van der Waals surface area contributed by atoms with Gasteiger partial charge in [0.25, 0.3) is 0 Å². The van der Waals surface area contributed by atoms with Crippen LogP contribution in [0, 0.1) is 0 Å². The van der Waals surface area contributed by atoms with Crippen LogP contribution in [0.2, 0.25) is 0 Å². The van der Waals surface area contributed by atoms with Crippen LogP contribution < -0.4 is 0 Å². The van der Waals surface area contributed by atoms with E-state index < -0.39 is 30.9 Å². The van der Waals surface area contributed by atoms with Crippen molar-refractivity contribution in [1.82, 2.24) is 0 Å². The molecule has 4 N–H and O–H groups in total. The highest BCUT2D eigenvalue weighted by atomic mass is 16.5. The van der Waals surface area contributed by atoms with Crippen molar-refractivity contribution in [3.63, 3.8) is 0 Å². The summed E-state index contributed by atoms with van der Waals surface area (Å²) in [6.45, 7) is -0.676. The largest absolute Gasteiger partial charge is 0.466 e. The fraction of sp³-hybridized carbons (Fsp3) is 0.625. The second-order valence-corrected chi connectivity index (χ2v) is 2.61. The second kappa shape index (κ2) is 6.50. The maximum Gasteiger partial charge on any atom is 0.330 e. The van der Waals surface area contributed by atoms with Crippen LogP contribution in [0.5, 0.6) is 0 Å². The SMILES string of the molecule is COC(=O)/C=C/[C@H](O)[C@H](O)[C@H](O)CO. The van der Waals surface area contributed by atoms with E-state index in [2.05, 4.69) is 4.74 Å². The molecule has 0 aliphatic rings. The number of aliphatic hydroxyl groups is 4. The van der Waals surface area contributed by atoms with Gasteiger partial charge in [0.15, 0.2) is 0 Å². The molecule has 0 fully saturated rings. The predicted octanol–water partition coefficient (Wildman–Crippen LogP) is -2.21. The molecule has 0 aliphatic heterocycles. The molecule has 6 nitrogen and oxygen atoms in total. The molecule has 0 radical (unpaired) electrons. The molecule has 3 atom stereocenters. The summed E-state index contributed by atoms with van der Waals surface area (Å²) in [7, 11) is 1.16. The third-order valence-electron chi connectivity index (χ3n) is 1.56. The first kappa shape index (κ1) is 13.1. The molecule has 0 aromatic rings. The minimum Gasteiger partial charge on any atom is -0.466 e. The Morgan fingerprint density at radius 3 is 2.43 bits per heavy atom. The van der Waals surface area contributed by atoms with Crippen LogP contribution in [-0.4, -0.2) is 58.4 Å². The van der Waals surface area contributed by atoms with Crippen LogP contribution in [-0.2, 0) is 9.53 Å². The molecule has 0 saturated heterocycles. The Kier molecular flexibility index (Phi) is 6.06. The smallest absolute Gasteiger partial charge is 0.330 e. The van der Waals surface area contributed by atoms with E-state index >= 15 is 0 Å². The van der Waals surface area contributed by atoms with Gasteiger partial charge >= 0.3 is 5.97 Å². The van der Waals surface area contributed by atoms with Crippen LogP contribution in [0.3, 0.4) is 0 Å². The summed E-state index contributed by atoms with van der Waals surface area (Å²) >= 11 is 0. The molecular weight excluding hydrogens is 192 g/mol. The standard InChI is InChI=1S/C8H14O6/c1-14-7(12)3-2-5(10)8(13)6(11)4-9/h2-3,5-6,8-11,13H,4H2,1H3/b3-2+/t5-,6+,8-/m0/s1. The average Bonchev–Trinajstić information content (AvgIpc) is 2.22. The molecule has 0 spiro atoms. The first-order chi connectivity index (χ1) is 6.52. The number of esters is 1. The number of methoxy groups -OCH3 is 1. The van der Waals surface area contributed by atoms with Gasteiger partial charge in [-0.3, -0.25) is 0 Å². The van der Waals surface area contributed by atoms with Gasteiger partial charge in [0.05, 0.1) is 13.7 Å². The zero-order valence-electron chi connectivity index (χ0n) is 7.70. The lowest BCUT2D eigenvalue weighted by atomic mass is 10.1. The van der Waals surface area contributed by atoms with Crippen molar-refractivity contribution in [2.45, 2.75) is 18.3 Å². The van der Waals surface area contributed by atoms with E-state index in [9.17, 15) is 4.79 Å². The van der Waals surface area contributed by atoms with Crippen LogP contribution in [0.15, 0.2) is 12.2 Å². The first-order valence-electron chi connectivity index (χ1n) is 3.94. The van der Waals surface area contributed by atoms with E-state index in [0.717, 1.165) is 19.3 Å². The topological polar surface area (TPSA) is 107 Å². The van der Waals surface area contributed by atoms with E-state index in [1.165, 1.54) is 0 Å². The molecule has 0 aromatic carbocycles. The van der Waals surface area contributed by atoms with Gasteiger partial charge in [0.1, 0.15) is 18.3 Å². The summed E-state index contributed by atoms with van der Waals surface area (Å²) in [6.07, 6.45) is -2.54. The fourth-order valence-corrected chi connectivity index (χ4v) is 0.695. The van der Waals surface area contributed by atoms with E-state index in [0.29, 0.717) is 0 Å². The number of ether oxygens (including phenoxy) is 1. The van der Waals surface area contributed by atoms with Gasteiger partial charge in [0, 0.05) is 6.08 Å². The first-order valence-corrected chi connectivity index (χ1v) is 3.94. The summed E-state index contributed by atoms with van der Waals surface area (Å²) < 4.78 is 4.24. The molecule has 6 heteroatoms. The molecule has 0 unspecified atom stereocenters. The Labute approximate surface area is 81.1 Å². The molecule has 14 heavy (non-hydrogen) atoms. The van der Waals surface area contributed by atoms with Crippen LogP contribution in [0.1, 0.15) is 0 Å². The number of aliphatic hydroxyl groups excluding tert-OH is 4. The van der Waals surface area contributed by atoms with Crippen molar-refractivity contribution in [3.8, 4) is 0 Å². The van der Waals surface area contributed by atoms with E-state index in [-0.39, 0.29) is 0 Å². The molecule has 0 amide bonds. The molecule has 0 aromatic heterocycles. The van der Waals surface area contributed by atoms with Crippen molar-refractivity contribution in [3.05, 3.63) is 12.2 Å². The molecule has 0 heterocycles. The summed E-state index contributed by atoms with van der Waals surface area (Å²) in [5.41, 5.74) is 0. The Hall–Kier alpha value is -0.950. The molecule has 0 saturated carbocycles. The van der Waals surface area contributed by atoms with E-state index in [4.69, 9.17) is 20.4 Å².